The SMILES string of the molecule is COP(=O)(OC)C(C)(CO)C(N)=O. The molecule has 0 heterocycles. The Balaban J connectivity index is 5.16. The van der Waals surface area contributed by atoms with Crippen LogP contribution >= 0.6 is 7.60 Å². The van der Waals surface area contributed by atoms with E-state index in [1.165, 1.54) is 6.92 Å². The van der Waals surface area contributed by atoms with Crippen LogP contribution in [0.5, 0.6) is 0 Å². The summed E-state index contributed by atoms with van der Waals surface area (Å²) in [5, 5.41) is 7.22. The topological polar surface area (TPSA) is 98.8 Å². The Kier molecular flexibility index (Phi) is 4.06. The van der Waals surface area contributed by atoms with Gasteiger partial charge in [0.15, 0.2) is 5.16 Å². The van der Waals surface area contributed by atoms with Crippen LogP contribution in [0.2, 0.25) is 0 Å². The quantitative estimate of drug-likeness (QED) is 0.608. The first-order valence-corrected chi connectivity index (χ1v) is 5.04. The van der Waals surface area contributed by atoms with E-state index in [4.69, 9.17) is 10.8 Å². The maximum absolute atomic E-state index is 11.7. The molecule has 6 nitrogen and oxygen atoms in total. The van der Waals surface area contributed by atoms with Crippen molar-refractivity contribution in [3.8, 4) is 0 Å². The molecule has 0 rings (SSSR count). The Labute approximate surface area is 76.5 Å². The molecule has 0 aliphatic rings. The van der Waals surface area contributed by atoms with E-state index in [1.54, 1.807) is 0 Å². The summed E-state index contributed by atoms with van der Waals surface area (Å²) in [7, 11) is -1.43. The molecule has 0 aromatic carbocycles. The fraction of sp³-hybridized carbons (Fsp3) is 0.833. The van der Waals surface area contributed by atoms with Crippen molar-refractivity contribution in [2.75, 3.05) is 20.8 Å². The average Bonchev–Trinajstić information content (AvgIpc) is 2.14. The van der Waals surface area contributed by atoms with Crippen LogP contribution in [0, 0.1) is 0 Å². The number of amides is 1. The summed E-state index contributed by atoms with van der Waals surface area (Å²) < 4.78 is 20.9. The van der Waals surface area contributed by atoms with Crippen molar-refractivity contribution in [2.24, 2.45) is 5.73 Å². The van der Waals surface area contributed by atoms with Crippen LogP contribution in [0.3, 0.4) is 0 Å². The molecule has 0 fully saturated rings. The molecule has 0 radical (unpaired) electrons. The lowest BCUT2D eigenvalue weighted by atomic mass is 10.2. The van der Waals surface area contributed by atoms with Crippen LogP contribution in [0.25, 0.3) is 0 Å². The zero-order valence-electron chi connectivity index (χ0n) is 7.81. The highest BCUT2D eigenvalue weighted by Crippen LogP contribution is 2.58. The predicted molar refractivity (Wildman–Crippen MR) is 46.3 cm³/mol. The molecule has 0 aromatic heterocycles. The van der Waals surface area contributed by atoms with Crippen LogP contribution < -0.4 is 5.73 Å². The summed E-state index contributed by atoms with van der Waals surface area (Å²) in [4.78, 5) is 10.9. The van der Waals surface area contributed by atoms with Gasteiger partial charge in [-0.05, 0) is 6.92 Å². The number of primary amides is 1. The van der Waals surface area contributed by atoms with E-state index in [9.17, 15) is 9.36 Å². The molecule has 7 heteroatoms. The normalized spacial score (nSPS) is 16.6. The zero-order chi connectivity index (χ0) is 10.7. The minimum Gasteiger partial charge on any atom is -0.395 e. The van der Waals surface area contributed by atoms with Crippen molar-refractivity contribution in [3.05, 3.63) is 0 Å². The molecule has 0 aliphatic heterocycles. The van der Waals surface area contributed by atoms with Gasteiger partial charge in [0.25, 0.3) is 0 Å². The Bertz CT molecular complexity index is 235. The van der Waals surface area contributed by atoms with Gasteiger partial charge >= 0.3 is 7.60 Å². The Hall–Kier alpha value is -0.420. The number of carbonyl (C=O) groups excluding carboxylic acids is 1. The predicted octanol–water partition coefficient (Wildman–Crippen LogP) is -0.291. The summed E-state index contributed by atoms with van der Waals surface area (Å²) in [6.45, 7) is 0.532. The van der Waals surface area contributed by atoms with Crippen molar-refractivity contribution < 1.29 is 23.5 Å². The number of hydrogen-bond acceptors (Lipinski definition) is 5. The van der Waals surface area contributed by atoms with Gasteiger partial charge in [-0.15, -0.1) is 0 Å². The van der Waals surface area contributed by atoms with E-state index in [0.29, 0.717) is 0 Å². The number of hydrogen-bond donors (Lipinski definition) is 2. The number of nitrogens with two attached hydrogens (primary N) is 1. The second kappa shape index (κ2) is 4.19. The Morgan fingerprint density at radius 2 is 1.92 bits per heavy atom. The minimum atomic E-state index is -3.68. The maximum atomic E-state index is 11.7. The molecule has 0 saturated heterocycles. The molecule has 1 unspecified atom stereocenters. The number of aliphatic hydroxyl groups is 1. The molecule has 0 bridgehead atoms. The summed E-state index contributed by atoms with van der Waals surface area (Å²) >= 11 is 0. The minimum absolute atomic E-state index is 0.693. The van der Waals surface area contributed by atoms with E-state index in [0.717, 1.165) is 14.2 Å². The van der Waals surface area contributed by atoms with Gasteiger partial charge in [-0.3, -0.25) is 9.36 Å². The van der Waals surface area contributed by atoms with E-state index in [1.807, 2.05) is 0 Å². The summed E-state index contributed by atoms with van der Waals surface area (Å²) in [5.41, 5.74) is 4.99. The van der Waals surface area contributed by atoms with Crippen LogP contribution in [0.1, 0.15) is 6.92 Å². The summed E-state index contributed by atoms with van der Waals surface area (Å²) in [6, 6.07) is 0. The average molecular weight is 211 g/mol. The second-order valence-electron chi connectivity index (χ2n) is 2.66. The van der Waals surface area contributed by atoms with Crippen LogP contribution in [0.4, 0.5) is 0 Å². The third-order valence-corrected chi connectivity index (χ3v) is 4.46. The van der Waals surface area contributed by atoms with E-state index in [2.05, 4.69) is 9.05 Å². The fourth-order valence-electron chi connectivity index (χ4n) is 0.777. The first kappa shape index (κ1) is 12.6. The molecule has 1 atom stereocenters. The Morgan fingerprint density at radius 3 is 2.00 bits per heavy atom. The maximum Gasteiger partial charge on any atom is 0.347 e. The van der Waals surface area contributed by atoms with Crippen LogP contribution in [-0.2, 0) is 18.4 Å². The second-order valence-corrected chi connectivity index (χ2v) is 5.37. The van der Waals surface area contributed by atoms with Gasteiger partial charge in [0.05, 0.1) is 6.61 Å². The smallest absolute Gasteiger partial charge is 0.347 e. The molecule has 0 spiro atoms. The van der Waals surface area contributed by atoms with E-state index < -0.39 is 25.3 Å². The van der Waals surface area contributed by atoms with Gasteiger partial charge in [0.2, 0.25) is 5.91 Å². The molecule has 78 valence electrons. The lowest BCUT2D eigenvalue weighted by Gasteiger charge is -2.29. The lowest BCUT2D eigenvalue weighted by Crippen LogP contribution is -2.44. The standard InChI is InChI=1S/C6H14NO5P/c1-6(4-8,5(7)9)13(10,11-2)12-3/h8H,4H2,1-3H3,(H2,7,9). The van der Waals surface area contributed by atoms with Crippen LogP contribution in [-0.4, -0.2) is 37.0 Å². The molecule has 0 aliphatic carbocycles. The van der Waals surface area contributed by atoms with Gasteiger partial charge in [0.1, 0.15) is 0 Å². The van der Waals surface area contributed by atoms with Crippen LogP contribution in [0.15, 0.2) is 0 Å². The molecular formula is C6H14NO5P. The van der Waals surface area contributed by atoms with Gasteiger partial charge in [-0.1, -0.05) is 0 Å². The summed E-state index contributed by atoms with van der Waals surface area (Å²) in [5.74, 6) is -0.929. The molecule has 3 N–H and O–H groups in total. The Morgan fingerprint density at radius 1 is 1.54 bits per heavy atom. The van der Waals surface area contributed by atoms with Gasteiger partial charge in [-0.25, -0.2) is 0 Å². The van der Waals surface area contributed by atoms with Crippen molar-refractivity contribution in [1.82, 2.24) is 0 Å². The third-order valence-electron chi connectivity index (χ3n) is 1.92. The largest absolute Gasteiger partial charge is 0.395 e. The monoisotopic (exact) mass is 211 g/mol. The summed E-state index contributed by atoms with van der Waals surface area (Å²) in [6.07, 6.45) is 0. The van der Waals surface area contributed by atoms with Gasteiger partial charge in [0, 0.05) is 14.2 Å². The number of aliphatic hydroxyl groups excluding tert-OH is 1. The first-order valence-electron chi connectivity index (χ1n) is 3.50. The molecule has 13 heavy (non-hydrogen) atoms. The molecular weight excluding hydrogens is 197 g/mol. The first-order chi connectivity index (χ1) is 5.88. The fourth-order valence-corrected chi connectivity index (χ4v) is 2.18. The molecule has 0 saturated carbocycles. The van der Waals surface area contributed by atoms with E-state index in [-0.39, 0.29) is 0 Å². The van der Waals surface area contributed by atoms with Crippen molar-refractivity contribution in [3.63, 3.8) is 0 Å². The van der Waals surface area contributed by atoms with Crippen molar-refractivity contribution in [1.29, 1.82) is 0 Å². The van der Waals surface area contributed by atoms with Crippen molar-refractivity contribution in [2.45, 2.75) is 12.1 Å². The van der Waals surface area contributed by atoms with Gasteiger partial charge in [-0.2, -0.15) is 0 Å². The zero-order valence-corrected chi connectivity index (χ0v) is 8.71. The highest BCUT2D eigenvalue weighted by Gasteiger charge is 2.50. The lowest BCUT2D eigenvalue weighted by molar-refractivity contribution is -0.121. The van der Waals surface area contributed by atoms with E-state index >= 15 is 0 Å². The highest BCUT2D eigenvalue weighted by molar-refractivity contribution is 7.56. The number of carbonyl (C=O) groups is 1. The van der Waals surface area contributed by atoms with Gasteiger partial charge < -0.3 is 19.9 Å². The highest BCUT2D eigenvalue weighted by atomic mass is 31.2. The third kappa shape index (κ3) is 1.91. The molecule has 0 aromatic rings. The molecule has 1 amide bonds. The number of rotatable bonds is 5. The van der Waals surface area contributed by atoms with Crippen molar-refractivity contribution >= 4 is 13.5 Å².